The van der Waals surface area contributed by atoms with E-state index in [-0.39, 0.29) is 16.9 Å². The molecule has 1 heterocycles. The van der Waals surface area contributed by atoms with Crippen LogP contribution in [-0.4, -0.2) is 25.8 Å². The highest BCUT2D eigenvalue weighted by molar-refractivity contribution is 7.90. The van der Waals surface area contributed by atoms with E-state index < -0.39 is 9.84 Å². The minimum atomic E-state index is -3.27. The second kappa shape index (κ2) is 3.96. The molecule has 0 saturated carbocycles. The molecule has 14 heavy (non-hydrogen) atoms. The maximum absolute atomic E-state index is 11.3. The molecule has 4 nitrogen and oxygen atoms in total. The Morgan fingerprint density at radius 1 is 1.43 bits per heavy atom. The fraction of sp³-hybridized carbons (Fsp3) is 0.444. The van der Waals surface area contributed by atoms with Crippen molar-refractivity contribution >= 4 is 9.84 Å². The van der Waals surface area contributed by atoms with Crippen LogP contribution in [0.3, 0.4) is 0 Å². The number of sulfone groups is 1. The van der Waals surface area contributed by atoms with Gasteiger partial charge in [0, 0.05) is 12.5 Å². The monoisotopic (exact) mass is 215 g/mol. The third-order valence-corrected chi connectivity index (χ3v) is 2.59. The molecule has 0 bridgehead atoms. The molecule has 1 aromatic rings. The van der Waals surface area contributed by atoms with Gasteiger partial charge in [0.1, 0.15) is 4.90 Å². The van der Waals surface area contributed by atoms with Crippen molar-refractivity contribution < 1.29 is 13.2 Å². The van der Waals surface area contributed by atoms with Crippen molar-refractivity contribution in [1.29, 1.82) is 0 Å². The van der Waals surface area contributed by atoms with E-state index in [1.54, 1.807) is 6.07 Å². The molecule has 0 unspecified atom stereocenters. The Bertz CT molecular complexity index is 412. The summed E-state index contributed by atoms with van der Waals surface area (Å²) in [6.45, 7) is 3.64. The molecular weight excluding hydrogens is 202 g/mol. The van der Waals surface area contributed by atoms with Crippen LogP contribution in [0.1, 0.15) is 13.8 Å². The Morgan fingerprint density at radius 2 is 2.07 bits per heavy atom. The predicted octanol–water partition coefficient (Wildman–Crippen LogP) is 1.27. The summed E-state index contributed by atoms with van der Waals surface area (Å²) < 4.78 is 27.9. The average molecular weight is 215 g/mol. The van der Waals surface area contributed by atoms with Gasteiger partial charge in [0.25, 0.3) is 0 Å². The Kier molecular flexibility index (Phi) is 3.10. The van der Waals surface area contributed by atoms with E-state index in [4.69, 9.17) is 4.74 Å². The summed E-state index contributed by atoms with van der Waals surface area (Å²) in [7, 11) is -3.27. The van der Waals surface area contributed by atoms with E-state index in [0.717, 1.165) is 6.26 Å². The number of hydrogen-bond acceptors (Lipinski definition) is 4. The molecule has 0 spiro atoms. The largest absolute Gasteiger partial charge is 0.474 e. The Labute approximate surface area is 83.8 Å². The van der Waals surface area contributed by atoms with Crippen LogP contribution in [0, 0.1) is 0 Å². The molecule has 0 saturated heterocycles. The van der Waals surface area contributed by atoms with Crippen molar-refractivity contribution in [3.05, 3.63) is 18.3 Å². The quantitative estimate of drug-likeness (QED) is 0.762. The van der Waals surface area contributed by atoms with Crippen molar-refractivity contribution in [2.24, 2.45) is 0 Å². The van der Waals surface area contributed by atoms with Crippen molar-refractivity contribution in [2.45, 2.75) is 24.8 Å². The molecule has 5 heteroatoms. The lowest BCUT2D eigenvalue weighted by molar-refractivity contribution is 0.226. The van der Waals surface area contributed by atoms with Crippen LogP contribution in [0.25, 0.3) is 0 Å². The summed E-state index contributed by atoms with van der Waals surface area (Å²) >= 11 is 0. The lowest BCUT2D eigenvalue weighted by Crippen LogP contribution is -2.10. The topological polar surface area (TPSA) is 56.3 Å². The maximum atomic E-state index is 11.3. The molecule has 0 N–H and O–H groups in total. The molecule has 0 aromatic carbocycles. The smallest absolute Gasteiger partial charge is 0.232 e. The standard InChI is InChI=1S/C9H13NO3S/c1-7(2)13-9-8(14(3,11)12)5-4-6-10-9/h4-7H,1-3H3. The normalized spacial score (nSPS) is 11.7. The zero-order chi connectivity index (χ0) is 10.8. The second-order valence-electron chi connectivity index (χ2n) is 3.25. The summed E-state index contributed by atoms with van der Waals surface area (Å²) in [5.74, 6) is 0.171. The lowest BCUT2D eigenvalue weighted by Gasteiger charge is -2.11. The highest BCUT2D eigenvalue weighted by Gasteiger charge is 2.15. The first-order chi connectivity index (χ1) is 6.41. The van der Waals surface area contributed by atoms with Crippen molar-refractivity contribution in [3.63, 3.8) is 0 Å². The molecule has 1 rings (SSSR count). The molecule has 0 aliphatic rings. The Hall–Kier alpha value is -1.10. The van der Waals surface area contributed by atoms with Gasteiger partial charge in [-0.1, -0.05) is 0 Å². The van der Waals surface area contributed by atoms with Crippen LogP contribution in [-0.2, 0) is 9.84 Å². The number of ether oxygens (including phenoxy) is 1. The summed E-state index contributed by atoms with van der Waals surface area (Å²) in [6.07, 6.45) is 2.55. The van der Waals surface area contributed by atoms with E-state index in [2.05, 4.69) is 4.98 Å². The summed E-state index contributed by atoms with van der Waals surface area (Å²) in [5.41, 5.74) is 0. The molecule has 78 valence electrons. The van der Waals surface area contributed by atoms with E-state index in [0.29, 0.717) is 0 Å². The van der Waals surface area contributed by atoms with Gasteiger partial charge in [-0.2, -0.15) is 0 Å². The molecule has 0 amide bonds. The number of rotatable bonds is 3. The number of nitrogens with zero attached hydrogens (tertiary/aromatic N) is 1. The van der Waals surface area contributed by atoms with Crippen LogP contribution < -0.4 is 4.74 Å². The van der Waals surface area contributed by atoms with E-state index in [9.17, 15) is 8.42 Å². The van der Waals surface area contributed by atoms with Gasteiger partial charge in [0.2, 0.25) is 5.88 Å². The summed E-state index contributed by atoms with van der Waals surface area (Å²) in [4.78, 5) is 4.02. The Morgan fingerprint density at radius 3 is 2.57 bits per heavy atom. The molecule has 0 radical (unpaired) electrons. The second-order valence-corrected chi connectivity index (χ2v) is 5.23. The van der Waals surface area contributed by atoms with Gasteiger partial charge in [0.05, 0.1) is 6.10 Å². The lowest BCUT2D eigenvalue weighted by atomic mass is 10.4. The highest BCUT2D eigenvalue weighted by Crippen LogP contribution is 2.20. The van der Waals surface area contributed by atoms with E-state index in [1.807, 2.05) is 13.8 Å². The molecule has 0 aliphatic heterocycles. The minimum Gasteiger partial charge on any atom is -0.474 e. The number of aromatic nitrogens is 1. The third-order valence-electron chi connectivity index (χ3n) is 1.48. The fourth-order valence-electron chi connectivity index (χ4n) is 0.970. The van der Waals surface area contributed by atoms with Gasteiger partial charge in [-0.05, 0) is 26.0 Å². The molecule has 1 aromatic heterocycles. The van der Waals surface area contributed by atoms with Crippen molar-refractivity contribution in [3.8, 4) is 5.88 Å². The van der Waals surface area contributed by atoms with Gasteiger partial charge >= 0.3 is 0 Å². The van der Waals surface area contributed by atoms with Gasteiger partial charge in [-0.25, -0.2) is 13.4 Å². The minimum absolute atomic E-state index is 0.0922. The summed E-state index contributed by atoms with van der Waals surface area (Å²) in [6, 6.07) is 3.06. The van der Waals surface area contributed by atoms with E-state index >= 15 is 0 Å². The Balaban J connectivity index is 3.17. The predicted molar refractivity (Wildman–Crippen MR) is 53.1 cm³/mol. The average Bonchev–Trinajstić information content (AvgIpc) is 2.01. The SMILES string of the molecule is CC(C)Oc1ncccc1S(C)(=O)=O. The van der Waals surface area contributed by atoms with Gasteiger partial charge < -0.3 is 4.74 Å². The molecular formula is C9H13NO3S. The third kappa shape index (κ3) is 2.70. The number of pyridine rings is 1. The fourth-order valence-corrected chi connectivity index (χ4v) is 1.71. The van der Waals surface area contributed by atoms with Gasteiger partial charge in [-0.15, -0.1) is 0 Å². The first-order valence-electron chi connectivity index (χ1n) is 4.23. The van der Waals surface area contributed by atoms with Gasteiger partial charge in [-0.3, -0.25) is 0 Å². The van der Waals surface area contributed by atoms with Crippen LogP contribution in [0.15, 0.2) is 23.2 Å². The highest BCUT2D eigenvalue weighted by atomic mass is 32.2. The van der Waals surface area contributed by atoms with Crippen LogP contribution in [0.4, 0.5) is 0 Å². The van der Waals surface area contributed by atoms with E-state index in [1.165, 1.54) is 12.3 Å². The first-order valence-corrected chi connectivity index (χ1v) is 6.12. The van der Waals surface area contributed by atoms with Crippen LogP contribution in [0.5, 0.6) is 5.88 Å². The zero-order valence-corrected chi connectivity index (χ0v) is 9.21. The van der Waals surface area contributed by atoms with Crippen molar-refractivity contribution in [1.82, 2.24) is 4.98 Å². The van der Waals surface area contributed by atoms with Crippen molar-refractivity contribution in [2.75, 3.05) is 6.26 Å². The molecule has 0 aliphatic carbocycles. The number of hydrogen-bond donors (Lipinski definition) is 0. The molecule has 0 fully saturated rings. The first kappa shape index (κ1) is 11.0. The molecule has 0 atom stereocenters. The van der Waals surface area contributed by atoms with Gasteiger partial charge in [0.15, 0.2) is 9.84 Å². The van der Waals surface area contributed by atoms with Crippen LogP contribution in [0.2, 0.25) is 0 Å². The zero-order valence-electron chi connectivity index (χ0n) is 8.39. The maximum Gasteiger partial charge on any atom is 0.232 e. The van der Waals surface area contributed by atoms with Crippen LogP contribution >= 0.6 is 0 Å². The summed E-state index contributed by atoms with van der Waals surface area (Å²) in [5, 5.41) is 0.